The maximum absolute atomic E-state index is 6.35. The standard InChI is InChI=1S/C38H26BN/c1-3-12-31-26(4-2)27-15-8-10-17-32(27)38(31)33-18-11-9-16-29(33)36-34(38)21-20-28-30-23-24(39)19-22-35(30)40(37(28)36)25-13-6-5-7-14-25/h3-23H,2H2,1H3/b12-3-. The Morgan fingerprint density at radius 3 is 2.17 bits per heavy atom. The zero-order chi connectivity index (χ0) is 27.0. The lowest BCUT2D eigenvalue weighted by molar-refractivity contribution is 0.786. The summed E-state index contributed by atoms with van der Waals surface area (Å²) in [4.78, 5) is 0. The lowest BCUT2D eigenvalue weighted by atomic mass is 9.69. The number of rotatable bonds is 3. The van der Waals surface area contributed by atoms with E-state index in [4.69, 9.17) is 7.85 Å². The van der Waals surface area contributed by atoms with Gasteiger partial charge in [0.25, 0.3) is 0 Å². The van der Waals surface area contributed by atoms with Gasteiger partial charge >= 0.3 is 0 Å². The van der Waals surface area contributed by atoms with Crippen LogP contribution >= 0.6 is 0 Å². The maximum Gasteiger partial charge on any atom is 0.113 e. The van der Waals surface area contributed by atoms with E-state index >= 15 is 0 Å². The summed E-state index contributed by atoms with van der Waals surface area (Å²) >= 11 is 0. The van der Waals surface area contributed by atoms with Gasteiger partial charge in [0.05, 0.1) is 16.4 Å². The van der Waals surface area contributed by atoms with Crippen molar-refractivity contribution in [2.24, 2.45) is 0 Å². The largest absolute Gasteiger partial charge is 0.309 e. The zero-order valence-electron chi connectivity index (χ0n) is 22.4. The third-order valence-electron chi connectivity index (χ3n) is 8.82. The third kappa shape index (κ3) is 2.73. The Hall–Kier alpha value is -4.82. The molecular weight excluding hydrogens is 481 g/mol. The van der Waals surface area contributed by atoms with Gasteiger partial charge in [-0.1, -0.05) is 121 Å². The molecule has 8 rings (SSSR count). The quantitative estimate of drug-likeness (QED) is 0.212. The van der Waals surface area contributed by atoms with Gasteiger partial charge in [-0.05, 0) is 64.1 Å². The van der Waals surface area contributed by atoms with Crippen LogP contribution in [0.25, 0.3) is 44.2 Å². The normalized spacial score (nSPS) is 17.2. The Morgan fingerprint density at radius 2 is 1.43 bits per heavy atom. The summed E-state index contributed by atoms with van der Waals surface area (Å²) < 4.78 is 2.42. The van der Waals surface area contributed by atoms with Crippen LogP contribution < -0.4 is 5.46 Å². The molecule has 2 aliphatic carbocycles. The van der Waals surface area contributed by atoms with Crippen LogP contribution in [0.4, 0.5) is 0 Å². The summed E-state index contributed by atoms with van der Waals surface area (Å²) in [5, 5.41) is 2.38. The van der Waals surface area contributed by atoms with Crippen LogP contribution in [0.2, 0.25) is 0 Å². The Kier molecular flexibility index (Phi) is 4.82. The van der Waals surface area contributed by atoms with Crippen molar-refractivity contribution in [3.05, 3.63) is 162 Å². The molecular formula is C38H26BN. The van der Waals surface area contributed by atoms with E-state index in [-0.39, 0.29) is 0 Å². The SMILES string of the molecule is [B]c1ccc2c(c1)c1ccc3c(c1n2-c1ccccc1)-c1ccccc1C31C(/C=C\C)=C(C=C)c2ccccc21. The molecule has 1 heterocycles. The van der Waals surface area contributed by atoms with Crippen LogP contribution in [0.5, 0.6) is 0 Å². The summed E-state index contributed by atoms with van der Waals surface area (Å²) in [5.41, 5.74) is 14.1. The van der Waals surface area contributed by atoms with E-state index < -0.39 is 5.41 Å². The molecule has 5 aromatic carbocycles. The van der Waals surface area contributed by atoms with Crippen molar-refractivity contribution in [1.29, 1.82) is 0 Å². The van der Waals surface area contributed by atoms with Gasteiger partial charge in [0, 0.05) is 22.0 Å². The van der Waals surface area contributed by atoms with Crippen molar-refractivity contribution in [1.82, 2.24) is 4.57 Å². The monoisotopic (exact) mass is 507 g/mol. The summed E-state index contributed by atoms with van der Waals surface area (Å²) in [6, 6.07) is 39.5. The first kappa shape index (κ1) is 23.1. The number of hydrogen-bond acceptors (Lipinski definition) is 0. The van der Waals surface area contributed by atoms with Crippen molar-refractivity contribution in [2.75, 3.05) is 0 Å². The topological polar surface area (TPSA) is 4.93 Å². The molecule has 2 radical (unpaired) electrons. The van der Waals surface area contributed by atoms with Crippen molar-refractivity contribution < 1.29 is 0 Å². The van der Waals surface area contributed by atoms with Crippen molar-refractivity contribution in [3.63, 3.8) is 0 Å². The van der Waals surface area contributed by atoms with E-state index in [1.165, 1.54) is 60.8 Å². The smallest absolute Gasteiger partial charge is 0.113 e. The van der Waals surface area contributed by atoms with Gasteiger partial charge in [-0.25, -0.2) is 0 Å². The molecule has 1 unspecified atom stereocenters. The molecule has 0 fully saturated rings. The second kappa shape index (κ2) is 8.34. The average Bonchev–Trinajstić information content (AvgIpc) is 3.58. The van der Waals surface area contributed by atoms with Crippen LogP contribution in [-0.2, 0) is 5.41 Å². The molecule has 0 amide bonds. The number of nitrogens with zero attached hydrogens (tertiary/aromatic N) is 1. The number of fused-ring (bicyclic) bond motifs is 11. The second-order valence-electron chi connectivity index (χ2n) is 10.7. The minimum Gasteiger partial charge on any atom is -0.309 e. The Bertz CT molecular complexity index is 2090. The Balaban J connectivity index is 1.63. The minimum absolute atomic E-state index is 0.427. The lowest BCUT2D eigenvalue weighted by Gasteiger charge is -2.31. The predicted octanol–water partition coefficient (Wildman–Crippen LogP) is 8.42. The molecule has 2 heteroatoms. The molecule has 186 valence electrons. The second-order valence-corrected chi connectivity index (χ2v) is 10.7. The van der Waals surface area contributed by atoms with Gasteiger partial charge in [0.1, 0.15) is 7.85 Å². The highest BCUT2D eigenvalue weighted by Crippen LogP contribution is 2.63. The van der Waals surface area contributed by atoms with Crippen molar-refractivity contribution in [2.45, 2.75) is 12.3 Å². The van der Waals surface area contributed by atoms with Gasteiger partial charge in [0.15, 0.2) is 0 Å². The first-order valence-corrected chi connectivity index (χ1v) is 13.8. The van der Waals surface area contributed by atoms with E-state index in [0.717, 1.165) is 16.7 Å². The highest BCUT2D eigenvalue weighted by Gasteiger charge is 2.52. The molecule has 0 bridgehead atoms. The van der Waals surface area contributed by atoms with E-state index in [2.05, 4.69) is 133 Å². The van der Waals surface area contributed by atoms with Crippen molar-refractivity contribution in [3.8, 4) is 16.8 Å². The minimum atomic E-state index is -0.427. The molecule has 0 N–H and O–H groups in total. The summed E-state index contributed by atoms with van der Waals surface area (Å²) in [5.74, 6) is 0. The Labute approximate surface area is 235 Å². The summed E-state index contributed by atoms with van der Waals surface area (Å²) in [6.45, 7) is 6.38. The number of para-hydroxylation sites is 1. The fourth-order valence-electron chi connectivity index (χ4n) is 7.45. The molecule has 2 aliphatic rings. The van der Waals surface area contributed by atoms with E-state index in [0.29, 0.717) is 0 Å². The molecule has 1 nitrogen and oxygen atoms in total. The van der Waals surface area contributed by atoms with Gasteiger partial charge in [0.2, 0.25) is 0 Å². The lowest BCUT2D eigenvalue weighted by Crippen LogP contribution is -2.26. The fraction of sp³-hybridized carbons (Fsp3) is 0.0526. The molecule has 40 heavy (non-hydrogen) atoms. The van der Waals surface area contributed by atoms with Crippen LogP contribution in [0, 0.1) is 0 Å². The van der Waals surface area contributed by atoms with Gasteiger partial charge in [-0.2, -0.15) is 0 Å². The van der Waals surface area contributed by atoms with Crippen LogP contribution in [0.1, 0.15) is 29.2 Å². The van der Waals surface area contributed by atoms with Crippen LogP contribution in [0.3, 0.4) is 0 Å². The maximum atomic E-state index is 6.35. The van der Waals surface area contributed by atoms with Crippen molar-refractivity contribution >= 4 is 40.7 Å². The number of aromatic nitrogens is 1. The number of allylic oxidation sites excluding steroid dienone is 5. The zero-order valence-corrected chi connectivity index (χ0v) is 22.4. The third-order valence-corrected chi connectivity index (χ3v) is 8.82. The molecule has 0 saturated carbocycles. The average molecular weight is 507 g/mol. The Morgan fingerprint density at radius 1 is 0.725 bits per heavy atom. The predicted molar refractivity (Wildman–Crippen MR) is 170 cm³/mol. The number of hydrogen-bond donors (Lipinski definition) is 0. The first-order valence-electron chi connectivity index (χ1n) is 13.8. The van der Waals surface area contributed by atoms with E-state index in [9.17, 15) is 0 Å². The van der Waals surface area contributed by atoms with Crippen LogP contribution in [-0.4, -0.2) is 12.4 Å². The van der Waals surface area contributed by atoms with Gasteiger partial charge in [-0.15, -0.1) is 0 Å². The molecule has 1 atom stereocenters. The first-order chi connectivity index (χ1) is 19.7. The summed E-state index contributed by atoms with van der Waals surface area (Å²) in [7, 11) is 6.35. The highest BCUT2D eigenvalue weighted by atomic mass is 15.0. The summed E-state index contributed by atoms with van der Waals surface area (Å²) in [6.07, 6.45) is 6.49. The fourth-order valence-corrected chi connectivity index (χ4v) is 7.45. The van der Waals surface area contributed by atoms with E-state index in [1.54, 1.807) is 0 Å². The molecule has 0 aliphatic heterocycles. The number of benzene rings is 5. The molecule has 1 spiro atoms. The van der Waals surface area contributed by atoms with Gasteiger partial charge < -0.3 is 4.57 Å². The molecule has 6 aromatic rings. The van der Waals surface area contributed by atoms with E-state index in [1.807, 2.05) is 12.1 Å². The van der Waals surface area contributed by atoms with Gasteiger partial charge in [-0.3, -0.25) is 0 Å². The molecule has 0 saturated heterocycles. The van der Waals surface area contributed by atoms with Crippen LogP contribution in [0.15, 0.2) is 140 Å². The highest BCUT2D eigenvalue weighted by molar-refractivity contribution is 6.34. The molecule has 1 aromatic heterocycles.